The number of aromatic nitrogens is 2. The lowest BCUT2D eigenvalue weighted by Crippen LogP contribution is -2.29. The highest BCUT2D eigenvalue weighted by Crippen LogP contribution is 2.27. The molecule has 1 aliphatic heterocycles. The molecule has 0 aromatic carbocycles. The Kier molecular flexibility index (Phi) is 2.26. The van der Waals surface area contributed by atoms with Crippen molar-refractivity contribution in [3.8, 4) is 0 Å². The number of hydrogen-bond donors (Lipinski definition) is 2. The summed E-state index contributed by atoms with van der Waals surface area (Å²) < 4.78 is 0. The summed E-state index contributed by atoms with van der Waals surface area (Å²) in [6.07, 6.45) is 7.26. The van der Waals surface area contributed by atoms with E-state index >= 15 is 0 Å². The summed E-state index contributed by atoms with van der Waals surface area (Å²) in [5.41, 5.74) is 4.85. The van der Waals surface area contributed by atoms with Gasteiger partial charge in [-0.2, -0.15) is 0 Å². The lowest BCUT2D eigenvalue weighted by atomic mass is 9.97. The molecule has 1 atom stereocenters. The summed E-state index contributed by atoms with van der Waals surface area (Å²) in [6, 6.07) is 4.58. The molecule has 0 amide bonds. The van der Waals surface area contributed by atoms with E-state index in [1.54, 1.807) is 0 Å². The first-order valence-electron chi connectivity index (χ1n) is 5.69. The highest BCUT2D eigenvalue weighted by atomic mass is 14.9. The van der Waals surface area contributed by atoms with E-state index in [0.29, 0.717) is 6.04 Å². The van der Waals surface area contributed by atoms with Gasteiger partial charge in [-0.15, -0.1) is 0 Å². The second-order valence-corrected chi connectivity index (χ2v) is 4.34. The van der Waals surface area contributed by atoms with E-state index in [0.717, 1.165) is 24.0 Å². The Bertz CT molecular complexity index is 539. The number of H-pyrrole nitrogens is 1. The third-order valence-corrected chi connectivity index (χ3v) is 3.12. The maximum absolute atomic E-state index is 4.45. The fourth-order valence-corrected chi connectivity index (χ4v) is 2.29. The van der Waals surface area contributed by atoms with Crippen LogP contribution >= 0.6 is 0 Å². The molecule has 1 unspecified atom stereocenters. The van der Waals surface area contributed by atoms with Crippen molar-refractivity contribution in [1.29, 1.82) is 0 Å². The highest BCUT2D eigenvalue weighted by molar-refractivity contribution is 5.89. The minimum absolute atomic E-state index is 0.550. The van der Waals surface area contributed by atoms with Crippen molar-refractivity contribution in [3.05, 3.63) is 36.2 Å². The summed E-state index contributed by atoms with van der Waals surface area (Å²) in [5, 5.41) is 3.41. The molecule has 0 saturated carbocycles. The molecule has 3 heteroatoms. The number of fused-ring (bicyclic) bond motifs is 1. The lowest BCUT2D eigenvalue weighted by molar-refractivity contribution is 0.579. The largest absolute Gasteiger partial charge is 0.359 e. The summed E-state index contributed by atoms with van der Waals surface area (Å²) in [4.78, 5) is 7.73. The number of rotatable bonds is 1. The molecule has 2 aromatic rings. The second-order valence-electron chi connectivity index (χ2n) is 4.34. The molecule has 0 saturated heterocycles. The molecule has 3 rings (SSSR count). The van der Waals surface area contributed by atoms with Crippen LogP contribution in [0.4, 0.5) is 0 Å². The van der Waals surface area contributed by atoms with Gasteiger partial charge in [0, 0.05) is 30.5 Å². The molecule has 3 nitrogen and oxygen atoms in total. The van der Waals surface area contributed by atoms with Gasteiger partial charge in [0.15, 0.2) is 0 Å². The monoisotopic (exact) mass is 213 g/mol. The first kappa shape index (κ1) is 9.60. The van der Waals surface area contributed by atoms with Gasteiger partial charge in [0.05, 0.1) is 11.0 Å². The van der Waals surface area contributed by atoms with Crippen molar-refractivity contribution in [2.24, 2.45) is 0 Å². The molecular formula is C13H15N3. The van der Waals surface area contributed by atoms with Gasteiger partial charge >= 0.3 is 0 Å². The number of nitrogens with one attached hydrogen (secondary N) is 2. The highest BCUT2D eigenvalue weighted by Gasteiger charge is 2.15. The average Bonchev–Trinajstić information content (AvgIpc) is 2.72. The Morgan fingerprint density at radius 1 is 1.44 bits per heavy atom. The Balaban J connectivity index is 2.09. The van der Waals surface area contributed by atoms with Crippen LogP contribution in [0.5, 0.6) is 0 Å². The van der Waals surface area contributed by atoms with E-state index in [2.05, 4.69) is 40.5 Å². The van der Waals surface area contributed by atoms with Gasteiger partial charge in [0.2, 0.25) is 0 Å². The van der Waals surface area contributed by atoms with E-state index in [1.807, 2.05) is 12.3 Å². The van der Waals surface area contributed by atoms with Crippen LogP contribution in [0, 0.1) is 0 Å². The van der Waals surface area contributed by atoms with Crippen LogP contribution in [0.1, 0.15) is 18.9 Å². The predicted octanol–water partition coefficient (Wildman–Crippen LogP) is 2.33. The van der Waals surface area contributed by atoms with E-state index in [4.69, 9.17) is 0 Å². The summed E-state index contributed by atoms with van der Waals surface area (Å²) >= 11 is 0. The zero-order valence-corrected chi connectivity index (χ0v) is 9.33. The van der Waals surface area contributed by atoms with Crippen LogP contribution in [-0.2, 0) is 0 Å². The molecule has 0 bridgehead atoms. The molecule has 3 heterocycles. The second kappa shape index (κ2) is 3.76. The van der Waals surface area contributed by atoms with E-state index in [1.165, 1.54) is 11.1 Å². The molecule has 0 spiro atoms. The van der Waals surface area contributed by atoms with Crippen LogP contribution in [0.2, 0.25) is 0 Å². The SMILES string of the molecule is CC1CC(c2c[nH]c3cccnc23)=CCN1. The third kappa shape index (κ3) is 1.53. The van der Waals surface area contributed by atoms with Crippen LogP contribution in [0.15, 0.2) is 30.6 Å². The number of pyridine rings is 1. The van der Waals surface area contributed by atoms with Gasteiger partial charge in [-0.25, -0.2) is 0 Å². The molecule has 0 fully saturated rings. The Morgan fingerprint density at radius 2 is 2.38 bits per heavy atom. The van der Waals surface area contributed by atoms with Crippen molar-refractivity contribution in [1.82, 2.24) is 15.3 Å². The zero-order valence-electron chi connectivity index (χ0n) is 9.33. The van der Waals surface area contributed by atoms with Crippen molar-refractivity contribution in [2.75, 3.05) is 6.54 Å². The maximum Gasteiger partial charge on any atom is 0.0953 e. The van der Waals surface area contributed by atoms with Gasteiger partial charge < -0.3 is 10.3 Å². The third-order valence-electron chi connectivity index (χ3n) is 3.12. The fourth-order valence-electron chi connectivity index (χ4n) is 2.29. The zero-order chi connectivity index (χ0) is 11.0. The van der Waals surface area contributed by atoms with Gasteiger partial charge in [-0.3, -0.25) is 4.98 Å². The molecule has 16 heavy (non-hydrogen) atoms. The Morgan fingerprint density at radius 3 is 3.25 bits per heavy atom. The van der Waals surface area contributed by atoms with Gasteiger partial charge in [-0.05, 0) is 31.1 Å². The smallest absolute Gasteiger partial charge is 0.0953 e. The minimum Gasteiger partial charge on any atom is -0.359 e. The average molecular weight is 213 g/mol. The Labute approximate surface area is 94.6 Å². The van der Waals surface area contributed by atoms with E-state index in [-0.39, 0.29) is 0 Å². The number of nitrogens with zero attached hydrogens (tertiary/aromatic N) is 1. The summed E-state index contributed by atoms with van der Waals surface area (Å²) in [6.45, 7) is 3.17. The van der Waals surface area contributed by atoms with Crippen molar-refractivity contribution >= 4 is 16.6 Å². The topological polar surface area (TPSA) is 40.7 Å². The van der Waals surface area contributed by atoms with Crippen LogP contribution in [0.3, 0.4) is 0 Å². The first-order valence-corrected chi connectivity index (χ1v) is 5.69. The lowest BCUT2D eigenvalue weighted by Gasteiger charge is -2.20. The Hall–Kier alpha value is -1.61. The normalized spacial score (nSPS) is 21.1. The van der Waals surface area contributed by atoms with Gasteiger partial charge in [-0.1, -0.05) is 6.08 Å². The fraction of sp³-hybridized carbons (Fsp3) is 0.308. The van der Waals surface area contributed by atoms with Gasteiger partial charge in [0.25, 0.3) is 0 Å². The summed E-state index contributed by atoms with van der Waals surface area (Å²) in [7, 11) is 0. The summed E-state index contributed by atoms with van der Waals surface area (Å²) in [5.74, 6) is 0. The quantitative estimate of drug-likeness (QED) is 0.763. The van der Waals surface area contributed by atoms with Crippen LogP contribution < -0.4 is 5.32 Å². The number of hydrogen-bond acceptors (Lipinski definition) is 2. The van der Waals surface area contributed by atoms with Gasteiger partial charge in [0.1, 0.15) is 0 Å². The first-order chi connectivity index (χ1) is 7.84. The van der Waals surface area contributed by atoms with E-state index in [9.17, 15) is 0 Å². The predicted molar refractivity (Wildman–Crippen MR) is 66.2 cm³/mol. The molecule has 2 N–H and O–H groups in total. The molecule has 0 aliphatic carbocycles. The maximum atomic E-state index is 4.45. The number of aromatic amines is 1. The minimum atomic E-state index is 0.550. The van der Waals surface area contributed by atoms with Crippen molar-refractivity contribution in [3.63, 3.8) is 0 Å². The molecular weight excluding hydrogens is 198 g/mol. The molecule has 1 aliphatic rings. The van der Waals surface area contributed by atoms with Crippen molar-refractivity contribution < 1.29 is 0 Å². The molecule has 82 valence electrons. The molecule has 0 radical (unpaired) electrons. The van der Waals surface area contributed by atoms with Crippen LogP contribution in [0.25, 0.3) is 16.6 Å². The standard InChI is InChI=1S/C13H15N3/c1-9-7-10(4-6-14-9)11-8-16-12-3-2-5-15-13(11)12/h2-5,8-9,14,16H,6-7H2,1H3. The van der Waals surface area contributed by atoms with Crippen LogP contribution in [-0.4, -0.2) is 22.6 Å². The molecule has 2 aromatic heterocycles. The van der Waals surface area contributed by atoms with E-state index < -0.39 is 0 Å². The van der Waals surface area contributed by atoms with Crippen molar-refractivity contribution in [2.45, 2.75) is 19.4 Å².